The Morgan fingerprint density at radius 2 is 2.71 bits per heavy atom. The van der Waals surface area contributed by atoms with Crippen LogP contribution in [0.4, 0.5) is 0 Å². The Labute approximate surface area is 44.6 Å². The Hall–Kier alpha value is -0.460. The Morgan fingerprint density at radius 1 is 1.86 bits per heavy atom. The average molecular weight is 96.2 g/mol. The molecule has 0 aromatic rings. The summed E-state index contributed by atoms with van der Waals surface area (Å²) in [6.07, 6.45) is 6.28. The smallest absolute Gasteiger partial charge is 0.0213 e. The van der Waals surface area contributed by atoms with Gasteiger partial charge in [0.1, 0.15) is 0 Å². The van der Waals surface area contributed by atoms with Crippen molar-refractivity contribution in [3.8, 4) is 0 Å². The van der Waals surface area contributed by atoms with E-state index in [-0.39, 0.29) is 0 Å². The Bertz CT molecular complexity index is 76.2. The van der Waals surface area contributed by atoms with Crippen LogP contribution >= 0.6 is 0 Å². The van der Waals surface area contributed by atoms with Crippen molar-refractivity contribution in [1.29, 1.82) is 0 Å². The van der Waals surface area contributed by atoms with E-state index in [0.717, 1.165) is 13.0 Å². The lowest BCUT2D eigenvalue weighted by Crippen LogP contribution is -2.12. The van der Waals surface area contributed by atoms with Gasteiger partial charge in [-0.05, 0) is 19.4 Å². The van der Waals surface area contributed by atoms with Gasteiger partial charge in [0, 0.05) is 19.3 Å². The molecule has 0 atom stereocenters. The lowest BCUT2D eigenvalue weighted by atomic mass is 10.5. The maximum atomic E-state index is 3.12. The van der Waals surface area contributed by atoms with E-state index in [1.807, 2.05) is 6.20 Å². The van der Waals surface area contributed by atoms with Crippen molar-refractivity contribution in [3.05, 3.63) is 12.3 Å². The quantitative estimate of drug-likeness (QED) is 0.471. The first-order valence-corrected chi connectivity index (χ1v) is 2.74. The Balaban J connectivity index is 2.28. The highest BCUT2D eigenvalue weighted by Crippen LogP contribution is 1.99. The molecule has 1 rings (SSSR count). The molecule has 0 bridgehead atoms. The van der Waals surface area contributed by atoms with Crippen molar-refractivity contribution in [1.82, 2.24) is 4.90 Å². The molecule has 0 N–H and O–H groups in total. The number of rotatable bonds is 1. The summed E-state index contributed by atoms with van der Waals surface area (Å²) >= 11 is 0. The summed E-state index contributed by atoms with van der Waals surface area (Å²) in [4.78, 5) is 2.25. The zero-order valence-corrected chi connectivity index (χ0v) is 4.65. The largest absolute Gasteiger partial charge is 0.377 e. The minimum Gasteiger partial charge on any atom is -0.377 e. The molecule has 0 aromatic carbocycles. The Kier molecular flexibility index (Phi) is 1.35. The van der Waals surface area contributed by atoms with E-state index in [1.54, 1.807) is 0 Å². The van der Waals surface area contributed by atoms with Gasteiger partial charge in [0.25, 0.3) is 0 Å². The zero-order chi connectivity index (χ0) is 5.11. The van der Waals surface area contributed by atoms with Crippen LogP contribution in [0.3, 0.4) is 0 Å². The van der Waals surface area contributed by atoms with Crippen LogP contribution in [0.2, 0.25) is 0 Å². The van der Waals surface area contributed by atoms with Crippen LogP contribution < -0.4 is 0 Å². The molecule has 1 aliphatic rings. The summed E-state index contributed by atoms with van der Waals surface area (Å²) in [6.45, 7) is 4.47. The van der Waals surface area contributed by atoms with Crippen molar-refractivity contribution in [2.45, 2.75) is 13.3 Å². The van der Waals surface area contributed by atoms with Crippen LogP contribution in [0.5, 0.6) is 0 Å². The van der Waals surface area contributed by atoms with Gasteiger partial charge in [-0.2, -0.15) is 0 Å². The van der Waals surface area contributed by atoms with Crippen molar-refractivity contribution < 1.29 is 0 Å². The van der Waals surface area contributed by atoms with E-state index in [9.17, 15) is 0 Å². The van der Waals surface area contributed by atoms with Gasteiger partial charge in [0.2, 0.25) is 0 Å². The summed E-state index contributed by atoms with van der Waals surface area (Å²) in [5.41, 5.74) is 0. The van der Waals surface area contributed by atoms with Gasteiger partial charge in [-0.15, -0.1) is 0 Å². The molecule has 0 fully saturated rings. The second kappa shape index (κ2) is 2.01. The van der Waals surface area contributed by atoms with Crippen molar-refractivity contribution in [3.63, 3.8) is 0 Å². The summed E-state index contributed by atoms with van der Waals surface area (Å²) in [5, 5.41) is 0. The fourth-order valence-corrected chi connectivity index (χ4v) is 0.716. The van der Waals surface area contributed by atoms with Gasteiger partial charge < -0.3 is 4.90 Å². The zero-order valence-electron chi connectivity index (χ0n) is 4.65. The Morgan fingerprint density at radius 3 is 3.00 bits per heavy atom. The summed E-state index contributed by atoms with van der Waals surface area (Å²) in [6, 6.07) is 0. The fraction of sp³-hybridized carbons (Fsp3) is 0.667. The van der Waals surface area contributed by atoms with Crippen LogP contribution in [0.25, 0.3) is 0 Å². The molecule has 0 saturated carbocycles. The van der Waals surface area contributed by atoms with Crippen molar-refractivity contribution >= 4 is 0 Å². The first-order chi connectivity index (χ1) is 3.43. The molecule has 1 nitrogen and oxygen atoms in total. The first kappa shape index (κ1) is 4.69. The summed E-state index contributed by atoms with van der Waals surface area (Å²) < 4.78 is 0. The molecule has 1 heterocycles. The minimum atomic E-state index is 1.12. The first-order valence-electron chi connectivity index (χ1n) is 2.74. The minimum absolute atomic E-state index is 1.12. The maximum absolute atomic E-state index is 3.12. The van der Waals surface area contributed by atoms with Crippen LogP contribution in [0.1, 0.15) is 13.3 Å². The topological polar surface area (TPSA) is 3.24 Å². The number of nitrogens with zero attached hydrogens (tertiary/aromatic N) is 1. The molecule has 0 unspecified atom stereocenters. The molecule has 39 valence electrons. The molecule has 0 amide bonds. The highest BCUT2D eigenvalue weighted by Gasteiger charge is 1.98. The predicted octanol–water partition coefficient (Wildman–Crippen LogP) is 1.03. The van der Waals surface area contributed by atoms with Gasteiger partial charge in [-0.25, -0.2) is 0 Å². The van der Waals surface area contributed by atoms with E-state index < -0.39 is 0 Å². The third-order valence-electron chi connectivity index (χ3n) is 1.22. The summed E-state index contributed by atoms with van der Waals surface area (Å²) in [5.74, 6) is 0. The number of hydrogen-bond acceptors (Lipinski definition) is 1. The molecule has 0 aliphatic carbocycles. The lowest BCUT2D eigenvalue weighted by molar-refractivity contribution is 0.430. The molecule has 0 saturated heterocycles. The average Bonchev–Trinajstić information content (AvgIpc) is 2.14. The molecule has 1 heteroatoms. The predicted molar refractivity (Wildman–Crippen MR) is 29.7 cm³/mol. The van der Waals surface area contributed by atoms with E-state index in [4.69, 9.17) is 0 Å². The van der Waals surface area contributed by atoms with Crippen molar-refractivity contribution in [2.24, 2.45) is 0 Å². The van der Waals surface area contributed by atoms with Crippen LogP contribution in [0, 0.1) is 6.08 Å². The van der Waals surface area contributed by atoms with Gasteiger partial charge in [-0.3, -0.25) is 0 Å². The van der Waals surface area contributed by atoms with E-state index >= 15 is 0 Å². The standard InChI is InChI=1S/C6H10N/c1-2-7-5-3-4-6-7/h6H,2-3,5H2,1H3. The van der Waals surface area contributed by atoms with Gasteiger partial charge in [-0.1, -0.05) is 0 Å². The SMILES string of the molecule is CCN1C=[C]CC1. The number of hydrogen-bond donors (Lipinski definition) is 0. The third kappa shape index (κ3) is 0.952. The van der Waals surface area contributed by atoms with Gasteiger partial charge in [0.05, 0.1) is 0 Å². The van der Waals surface area contributed by atoms with E-state index in [2.05, 4.69) is 17.9 Å². The molecular weight excluding hydrogens is 86.1 g/mol. The van der Waals surface area contributed by atoms with E-state index in [0.29, 0.717) is 0 Å². The van der Waals surface area contributed by atoms with Crippen LogP contribution in [-0.2, 0) is 0 Å². The monoisotopic (exact) mass is 96.1 g/mol. The second-order valence-electron chi connectivity index (χ2n) is 1.71. The second-order valence-corrected chi connectivity index (χ2v) is 1.71. The summed E-state index contributed by atoms with van der Waals surface area (Å²) in [7, 11) is 0. The molecule has 0 aromatic heterocycles. The normalized spacial score (nSPS) is 18.7. The molecule has 7 heavy (non-hydrogen) atoms. The molecule has 1 aliphatic heterocycles. The highest BCUT2D eigenvalue weighted by atomic mass is 15.1. The molecular formula is C6H10N. The maximum Gasteiger partial charge on any atom is 0.0213 e. The van der Waals surface area contributed by atoms with E-state index in [1.165, 1.54) is 6.54 Å². The van der Waals surface area contributed by atoms with Crippen molar-refractivity contribution in [2.75, 3.05) is 13.1 Å². The van der Waals surface area contributed by atoms with Gasteiger partial charge >= 0.3 is 0 Å². The highest BCUT2D eigenvalue weighted by molar-refractivity contribution is 4.82. The lowest BCUT2D eigenvalue weighted by Gasteiger charge is -2.09. The molecule has 0 spiro atoms. The molecule has 1 radical (unpaired) electrons. The van der Waals surface area contributed by atoms with Crippen LogP contribution in [0.15, 0.2) is 6.20 Å². The van der Waals surface area contributed by atoms with Gasteiger partial charge in [0.15, 0.2) is 0 Å². The third-order valence-corrected chi connectivity index (χ3v) is 1.22. The van der Waals surface area contributed by atoms with Crippen LogP contribution in [-0.4, -0.2) is 18.0 Å². The fourth-order valence-electron chi connectivity index (χ4n) is 0.716.